The van der Waals surface area contributed by atoms with E-state index in [2.05, 4.69) is 49.4 Å². The number of unbranched alkanes of at least 4 members (excludes halogenated alkanes) is 3. The third-order valence-electron chi connectivity index (χ3n) is 5.35. The van der Waals surface area contributed by atoms with Crippen molar-refractivity contribution in [2.24, 2.45) is 11.8 Å². The van der Waals surface area contributed by atoms with Crippen molar-refractivity contribution in [3.8, 4) is 0 Å². The first-order chi connectivity index (χ1) is 11.3. The van der Waals surface area contributed by atoms with E-state index in [-0.39, 0.29) is 6.10 Å². The summed E-state index contributed by atoms with van der Waals surface area (Å²) in [5, 5.41) is 10.2. The maximum absolute atomic E-state index is 10.2. The second-order valence-corrected chi connectivity index (χ2v) is 7.15. The summed E-state index contributed by atoms with van der Waals surface area (Å²) in [5.41, 5.74) is 1.46. The summed E-state index contributed by atoms with van der Waals surface area (Å²) in [7, 11) is 0. The first-order valence-electron chi connectivity index (χ1n) is 9.68. The molecule has 0 aromatic heterocycles. The second kappa shape index (κ2) is 10.6. The van der Waals surface area contributed by atoms with Crippen LogP contribution in [0.5, 0.6) is 0 Å². The van der Waals surface area contributed by atoms with Crippen LogP contribution in [0.25, 0.3) is 0 Å². The molecule has 0 radical (unpaired) electrons. The van der Waals surface area contributed by atoms with E-state index in [1.807, 2.05) is 0 Å². The van der Waals surface area contributed by atoms with Crippen LogP contribution in [0, 0.1) is 11.8 Å². The fourth-order valence-electron chi connectivity index (χ4n) is 3.93. The molecule has 1 aromatic rings. The molecule has 1 N–H and O–H groups in total. The Labute approximate surface area is 142 Å². The molecule has 0 spiro atoms. The topological polar surface area (TPSA) is 20.2 Å². The van der Waals surface area contributed by atoms with Crippen molar-refractivity contribution in [3.63, 3.8) is 0 Å². The zero-order chi connectivity index (χ0) is 16.3. The third-order valence-corrected chi connectivity index (χ3v) is 5.35. The zero-order valence-electron chi connectivity index (χ0n) is 14.8. The molecule has 0 amide bonds. The number of aliphatic hydroxyl groups is 1. The van der Waals surface area contributed by atoms with Crippen LogP contribution in [0.3, 0.4) is 0 Å². The van der Waals surface area contributed by atoms with Gasteiger partial charge < -0.3 is 5.11 Å². The number of benzene rings is 1. The monoisotopic (exact) mass is 314 g/mol. The minimum Gasteiger partial charge on any atom is -0.393 e. The van der Waals surface area contributed by atoms with Crippen molar-refractivity contribution in [2.45, 2.75) is 77.2 Å². The van der Waals surface area contributed by atoms with Gasteiger partial charge in [0.15, 0.2) is 0 Å². The third kappa shape index (κ3) is 6.51. The lowest BCUT2D eigenvalue weighted by molar-refractivity contribution is 0.116. The van der Waals surface area contributed by atoms with E-state index < -0.39 is 0 Å². The second-order valence-electron chi connectivity index (χ2n) is 7.15. The molecule has 128 valence electrons. The van der Waals surface area contributed by atoms with Crippen LogP contribution in [0.15, 0.2) is 42.5 Å². The largest absolute Gasteiger partial charge is 0.393 e. The van der Waals surface area contributed by atoms with Crippen molar-refractivity contribution < 1.29 is 5.11 Å². The molecule has 0 heterocycles. The van der Waals surface area contributed by atoms with Crippen LogP contribution >= 0.6 is 0 Å². The Hall–Kier alpha value is -1.08. The highest BCUT2D eigenvalue weighted by atomic mass is 16.3. The minimum atomic E-state index is -0.0596. The van der Waals surface area contributed by atoms with Crippen LogP contribution in [0.2, 0.25) is 0 Å². The summed E-state index contributed by atoms with van der Waals surface area (Å²) < 4.78 is 0. The lowest BCUT2D eigenvalue weighted by atomic mass is 9.87. The Bertz CT molecular complexity index is 437. The highest BCUT2D eigenvalue weighted by Gasteiger charge is 2.33. The first-order valence-corrected chi connectivity index (χ1v) is 9.68. The smallest absolute Gasteiger partial charge is 0.0574 e. The summed E-state index contributed by atoms with van der Waals surface area (Å²) in [6.07, 6.45) is 16.7. The Morgan fingerprint density at radius 2 is 1.87 bits per heavy atom. The van der Waals surface area contributed by atoms with Gasteiger partial charge in [-0.15, -0.1) is 0 Å². The predicted octanol–water partition coefficient (Wildman–Crippen LogP) is 5.92. The Morgan fingerprint density at radius 1 is 1.04 bits per heavy atom. The summed E-state index contributed by atoms with van der Waals surface area (Å²) in [6, 6.07) is 10.8. The van der Waals surface area contributed by atoms with Gasteiger partial charge in [-0.05, 0) is 55.9 Å². The standard InChI is InChI=1S/C22H34O/c1-2-3-4-11-16-21-20(17-18-22(21)23)15-10-6-9-14-19-12-7-5-8-13-19/h4-5,7-8,11-13,20-23H,2-3,6,9-10,14-18H2,1H3/b11-4-/t20?,21-,22+/m1/s1. The normalized spacial score (nSPS) is 24.5. The molecule has 1 saturated carbocycles. The molecule has 1 aliphatic rings. The van der Waals surface area contributed by atoms with E-state index in [1.165, 1.54) is 56.9 Å². The fraction of sp³-hybridized carbons (Fsp3) is 0.636. The van der Waals surface area contributed by atoms with E-state index in [0.717, 1.165) is 18.8 Å². The quantitative estimate of drug-likeness (QED) is 0.419. The number of hydrogen-bond acceptors (Lipinski definition) is 1. The Morgan fingerprint density at radius 3 is 2.65 bits per heavy atom. The van der Waals surface area contributed by atoms with Crippen LogP contribution in [-0.4, -0.2) is 11.2 Å². The minimum absolute atomic E-state index is 0.0596. The highest BCUT2D eigenvalue weighted by Crippen LogP contribution is 2.38. The van der Waals surface area contributed by atoms with E-state index in [1.54, 1.807) is 0 Å². The van der Waals surface area contributed by atoms with Crippen LogP contribution in [0.4, 0.5) is 0 Å². The number of aryl methyl sites for hydroxylation is 1. The van der Waals surface area contributed by atoms with Gasteiger partial charge in [0.1, 0.15) is 0 Å². The van der Waals surface area contributed by atoms with Crippen LogP contribution in [-0.2, 0) is 6.42 Å². The Balaban J connectivity index is 1.63. The van der Waals surface area contributed by atoms with Crippen LogP contribution < -0.4 is 0 Å². The molecule has 2 rings (SSSR count). The first kappa shape index (κ1) is 18.3. The highest BCUT2D eigenvalue weighted by molar-refractivity contribution is 5.14. The average Bonchev–Trinajstić information content (AvgIpc) is 2.92. The molecule has 0 aliphatic heterocycles. The molecule has 3 atom stereocenters. The molecule has 1 unspecified atom stereocenters. The molecule has 1 nitrogen and oxygen atoms in total. The van der Waals surface area contributed by atoms with Gasteiger partial charge in [-0.25, -0.2) is 0 Å². The summed E-state index contributed by atoms with van der Waals surface area (Å²) in [4.78, 5) is 0. The maximum atomic E-state index is 10.2. The van der Waals surface area contributed by atoms with E-state index in [4.69, 9.17) is 0 Å². The molecule has 23 heavy (non-hydrogen) atoms. The zero-order valence-corrected chi connectivity index (χ0v) is 14.8. The number of rotatable bonds is 10. The predicted molar refractivity (Wildman–Crippen MR) is 99.5 cm³/mol. The molecule has 0 bridgehead atoms. The lowest BCUT2D eigenvalue weighted by Crippen LogP contribution is -2.18. The summed E-state index contributed by atoms with van der Waals surface area (Å²) >= 11 is 0. The molecule has 1 heteroatoms. The molecular weight excluding hydrogens is 280 g/mol. The SMILES string of the molecule is CCC/C=C\C[C@@H]1C(CCCCCc2ccccc2)CC[C@@H]1O. The van der Waals surface area contributed by atoms with Crippen molar-refractivity contribution >= 4 is 0 Å². The number of aliphatic hydroxyl groups excluding tert-OH is 1. The van der Waals surface area contributed by atoms with Crippen molar-refractivity contribution in [3.05, 3.63) is 48.0 Å². The van der Waals surface area contributed by atoms with Gasteiger partial charge in [0.05, 0.1) is 6.10 Å². The fourth-order valence-corrected chi connectivity index (χ4v) is 3.93. The van der Waals surface area contributed by atoms with Gasteiger partial charge in [-0.1, -0.05) is 75.1 Å². The van der Waals surface area contributed by atoms with Gasteiger partial charge >= 0.3 is 0 Å². The molecular formula is C22H34O. The van der Waals surface area contributed by atoms with Gasteiger partial charge in [-0.2, -0.15) is 0 Å². The molecule has 1 aromatic carbocycles. The Kier molecular flexibility index (Phi) is 8.46. The van der Waals surface area contributed by atoms with E-state index >= 15 is 0 Å². The molecule has 1 aliphatic carbocycles. The maximum Gasteiger partial charge on any atom is 0.0574 e. The lowest BCUT2D eigenvalue weighted by Gasteiger charge is -2.20. The van der Waals surface area contributed by atoms with Crippen molar-refractivity contribution in [1.29, 1.82) is 0 Å². The van der Waals surface area contributed by atoms with Gasteiger partial charge in [0.25, 0.3) is 0 Å². The molecule has 0 saturated heterocycles. The van der Waals surface area contributed by atoms with E-state index in [9.17, 15) is 5.11 Å². The van der Waals surface area contributed by atoms with Crippen molar-refractivity contribution in [2.75, 3.05) is 0 Å². The number of allylic oxidation sites excluding steroid dienone is 2. The summed E-state index contributed by atoms with van der Waals surface area (Å²) in [5.74, 6) is 1.25. The van der Waals surface area contributed by atoms with E-state index in [0.29, 0.717) is 5.92 Å². The van der Waals surface area contributed by atoms with Gasteiger partial charge in [0.2, 0.25) is 0 Å². The number of hydrogen-bond donors (Lipinski definition) is 1. The average molecular weight is 315 g/mol. The summed E-state index contributed by atoms with van der Waals surface area (Å²) in [6.45, 7) is 2.22. The van der Waals surface area contributed by atoms with Gasteiger partial charge in [0, 0.05) is 0 Å². The molecule has 1 fully saturated rings. The van der Waals surface area contributed by atoms with Crippen LogP contribution in [0.1, 0.15) is 70.3 Å². The van der Waals surface area contributed by atoms with Crippen molar-refractivity contribution in [1.82, 2.24) is 0 Å². The van der Waals surface area contributed by atoms with Gasteiger partial charge in [-0.3, -0.25) is 0 Å².